The third-order valence-corrected chi connectivity index (χ3v) is 4.17. The van der Waals surface area contributed by atoms with Gasteiger partial charge in [-0.2, -0.15) is 21.6 Å². The fourth-order valence-corrected chi connectivity index (χ4v) is 2.31. The first-order valence-electron chi connectivity index (χ1n) is 6.32. The summed E-state index contributed by atoms with van der Waals surface area (Å²) in [6, 6.07) is 9.34. The highest BCUT2D eigenvalue weighted by atomic mass is 32.2. The molecule has 0 aliphatic rings. The van der Waals surface area contributed by atoms with Crippen molar-refractivity contribution in [2.24, 2.45) is 0 Å². The lowest BCUT2D eigenvalue weighted by molar-refractivity contribution is -0.0500. The minimum Gasteiger partial charge on any atom is -0.376 e. The van der Waals surface area contributed by atoms with Gasteiger partial charge in [0.05, 0.1) is 0 Å². The van der Waals surface area contributed by atoms with Crippen LogP contribution in [-0.4, -0.2) is 13.9 Å². The Kier molecular flexibility index (Phi) is 4.19. The number of alkyl halides is 3. The van der Waals surface area contributed by atoms with Gasteiger partial charge in [-0.3, -0.25) is 0 Å². The molecular weight excluding hydrogens is 317 g/mol. The Bertz CT molecular complexity index is 837. The summed E-state index contributed by atoms with van der Waals surface area (Å²) in [5.74, 6) is -0.375. The Morgan fingerprint density at radius 3 is 2.27 bits per heavy atom. The molecule has 0 aliphatic carbocycles. The smallest absolute Gasteiger partial charge is 0.376 e. The van der Waals surface area contributed by atoms with Gasteiger partial charge in [-0.25, -0.2) is 0 Å². The van der Waals surface area contributed by atoms with Crippen molar-refractivity contribution in [1.82, 2.24) is 0 Å². The number of hydrogen-bond donors (Lipinski definition) is 0. The molecule has 0 saturated heterocycles. The molecule has 0 amide bonds. The summed E-state index contributed by atoms with van der Waals surface area (Å²) in [4.78, 5) is 0. The molecule has 7 heteroatoms. The summed E-state index contributed by atoms with van der Waals surface area (Å²) in [5, 5.41) is 1.36. The maximum Gasteiger partial charge on any atom is 0.534 e. The third-order valence-electron chi connectivity index (χ3n) is 3.19. The molecule has 2 rings (SSSR count). The van der Waals surface area contributed by atoms with Crippen molar-refractivity contribution in [2.75, 3.05) is 0 Å². The minimum atomic E-state index is -5.65. The van der Waals surface area contributed by atoms with Crippen LogP contribution in [0.5, 0.6) is 5.75 Å². The van der Waals surface area contributed by atoms with Crippen LogP contribution >= 0.6 is 0 Å². The lowest BCUT2D eigenvalue weighted by atomic mass is 10.0. The second-order valence-electron chi connectivity index (χ2n) is 4.68. The van der Waals surface area contributed by atoms with Crippen molar-refractivity contribution in [3.8, 4) is 5.75 Å². The normalized spacial score (nSPS) is 13.4. The van der Waals surface area contributed by atoms with Crippen molar-refractivity contribution < 1.29 is 25.8 Å². The molecule has 0 fully saturated rings. The number of rotatable bonds is 3. The summed E-state index contributed by atoms with van der Waals surface area (Å²) in [6.07, 6.45) is 1.94. The van der Waals surface area contributed by atoms with E-state index < -0.39 is 15.6 Å². The quantitative estimate of drug-likeness (QED) is 0.615. The summed E-state index contributed by atoms with van der Waals surface area (Å²) in [5.41, 5.74) is -3.41. The molecule has 118 valence electrons. The van der Waals surface area contributed by atoms with E-state index in [9.17, 15) is 21.6 Å². The summed E-state index contributed by atoms with van der Waals surface area (Å²) in [7, 11) is -5.65. The van der Waals surface area contributed by atoms with Crippen molar-refractivity contribution in [3.05, 3.63) is 48.0 Å². The fourth-order valence-electron chi connectivity index (χ4n) is 1.86. The second-order valence-corrected chi connectivity index (χ2v) is 6.22. The van der Waals surface area contributed by atoms with Crippen LogP contribution in [0.4, 0.5) is 13.2 Å². The highest BCUT2D eigenvalue weighted by Crippen LogP contribution is 2.29. The monoisotopic (exact) mass is 330 g/mol. The molecule has 0 heterocycles. The summed E-state index contributed by atoms with van der Waals surface area (Å²) in [6.45, 7) is 3.84. The van der Waals surface area contributed by atoms with E-state index in [0.717, 1.165) is 16.5 Å². The van der Waals surface area contributed by atoms with Crippen LogP contribution in [0, 0.1) is 0 Å². The van der Waals surface area contributed by atoms with E-state index >= 15 is 0 Å². The molecule has 0 unspecified atom stereocenters. The Morgan fingerprint density at radius 2 is 1.68 bits per heavy atom. The zero-order chi connectivity index (χ0) is 16.5. The molecule has 0 aliphatic heterocycles. The molecule has 22 heavy (non-hydrogen) atoms. The fraction of sp³-hybridized carbons (Fsp3) is 0.200. The number of fused-ring (bicyclic) bond motifs is 1. The van der Waals surface area contributed by atoms with Crippen molar-refractivity contribution >= 4 is 26.5 Å². The van der Waals surface area contributed by atoms with Crippen molar-refractivity contribution in [1.29, 1.82) is 0 Å². The highest BCUT2D eigenvalue weighted by Gasteiger charge is 2.48. The Labute approximate surface area is 126 Å². The SMILES string of the molecule is C/C=C(/C)c1ccc2cc(OS(=O)(=O)C(F)(F)F)ccc2c1. The van der Waals surface area contributed by atoms with Crippen LogP contribution < -0.4 is 4.18 Å². The first-order valence-corrected chi connectivity index (χ1v) is 7.73. The molecule has 2 aromatic rings. The van der Waals surface area contributed by atoms with Gasteiger partial charge in [0.1, 0.15) is 5.75 Å². The molecule has 0 aromatic heterocycles. The van der Waals surface area contributed by atoms with Crippen LogP contribution in [0.15, 0.2) is 42.5 Å². The van der Waals surface area contributed by atoms with Crippen molar-refractivity contribution in [2.45, 2.75) is 19.4 Å². The largest absolute Gasteiger partial charge is 0.534 e. The molecular formula is C15H13F3O3S. The average Bonchev–Trinajstić information content (AvgIpc) is 2.44. The van der Waals surface area contributed by atoms with E-state index in [4.69, 9.17) is 0 Å². The van der Waals surface area contributed by atoms with Crippen LogP contribution in [-0.2, 0) is 10.1 Å². The molecule has 0 atom stereocenters. The van der Waals surface area contributed by atoms with E-state index in [1.807, 2.05) is 26.0 Å². The first-order chi connectivity index (χ1) is 10.1. The summed E-state index contributed by atoms with van der Waals surface area (Å²) < 4.78 is 63.0. The molecule has 0 saturated carbocycles. The predicted octanol–water partition coefficient (Wildman–Crippen LogP) is 4.49. The molecule has 0 bridgehead atoms. The van der Waals surface area contributed by atoms with Gasteiger partial charge in [0.15, 0.2) is 0 Å². The van der Waals surface area contributed by atoms with Crippen LogP contribution in [0.3, 0.4) is 0 Å². The average molecular weight is 330 g/mol. The Balaban J connectivity index is 2.41. The van der Waals surface area contributed by atoms with Crippen molar-refractivity contribution in [3.63, 3.8) is 0 Å². The second kappa shape index (κ2) is 5.64. The molecule has 2 aromatic carbocycles. The van der Waals surface area contributed by atoms with Gasteiger partial charge in [0.2, 0.25) is 0 Å². The maximum absolute atomic E-state index is 12.3. The van der Waals surface area contributed by atoms with Gasteiger partial charge in [-0.15, -0.1) is 0 Å². The zero-order valence-corrected chi connectivity index (χ0v) is 12.6. The van der Waals surface area contributed by atoms with Crippen LogP contribution in [0.2, 0.25) is 0 Å². The molecule has 3 nitrogen and oxygen atoms in total. The van der Waals surface area contributed by atoms with E-state index in [-0.39, 0.29) is 5.75 Å². The van der Waals surface area contributed by atoms with Gasteiger partial charge >= 0.3 is 15.6 Å². The van der Waals surface area contributed by atoms with Crippen LogP contribution in [0.1, 0.15) is 19.4 Å². The number of halogens is 3. The standard InChI is InChI=1S/C15H13F3O3S/c1-3-10(2)11-4-5-13-9-14(7-6-12(13)8-11)21-22(19,20)15(16,17)18/h3-9H,1-2H3/b10-3-. The van der Waals surface area contributed by atoms with Gasteiger partial charge in [-0.1, -0.05) is 24.3 Å². The van der Waals surface area contributed by atoms with E-state index in [1.54, 1.807) is 12.1 Å². The van der Waals surface area contributed by atoms with Gasteiger partial charge in [0, 0.05) is 0 Å². The molecule has 0 spiro atoms. The van der Waals surface area contributed by atoms with Gasteiger partial charge < -0.3 is 4.18 Å². The highest BCUT2D eigenvalue weighted by molar-refractivity contribution is 7.88. The maximum atomic E-state index is 12.3. The molecule has 0 N–H and O–H groups in total. The van der Waals surface area contributed by atoms with E-state index in [0.29, 0.717) is 5.39 Å². The Morgan fingerprint density at radius 1 is 1.09 bits per heavy atom. The molecule has 0 radical (unpaired) electrons. The summed E-state index contributed by atoms with van der Waals surface area (Å²) >= 11 is 0. The number of hydrogen-bond acceptors (Lipinski definition) is 3. The van der Waals surface area contributed by atoms with E-state index in [2.05, 4.69) is 4.18 Å². The van der Waals surface area contributed by atoms with Gasteiger partial charge in [0.25, 0.3) is 0 Å². The predicted molar refractivity (Wildman–Crippen MR) is 78.9 cm³/mol. The van der Waals surface area contributed by atoms with E-state index in [1.165, 1.54) is 18.2 Å². The number of benzene rings is 2. The van der Waals surface area contributed by atoms with Gasteiger partial charge in [-0.05, 0) is 54.0 Å². The minimum absolute atomic E-state index is 0.375. The zero-order valence-electron chi connectivity index (χ0n) is 11.8. The third kappa shape index (κ3) is 3.24. The lowest BCUT2D eigenvalue weighted by Gasteiger charge is -2.10. The van der Waals surface area contributed by atoms with Crippen LogP contribution in [0.25, 0.3) is 16.3 Å². The number of allylic oxidation sites excluding steroid dienone is 2. The lowest BCUT2D eigenvalue weighted by Crippen LogP contribution is -2.28. The first kappa shape index (κ1) is 16.4. The topological polar surface area (TPSA) is 43.4 Å². The Hall–Kier alpha value is -2.02.